The first-order valence-corrected chi connectivity index (χ1v) is 6.72. The van der Waals surface area contributed by atoms with Crippen LogP contribution in [0, 0.1) is 0 Å². The zero-order valence-corrected chi connectivity index (χ0v) is 11.7. The summed E-state index contributed by atoms with van der Waals surface area (Å²) in [5, 5.41) is 12.9. The molecule has 1 aromatic rings. The Kier molecular flexibility index (Phi) is 4.32. The van der Waals surface area contributed by atoms with Crippen molar-refractivity contribution in [3.05, 3.63) is 28.8 Å². The molecule has 19 heavy (non-hydrogen) atoms. The second-order valence-corrected chi connectivity index (χ2v) is 5.43. The summed E-state index contributed by atoms with van der Waals surface area (Å²) in [6.45, 7) is 0.626. The minimum Gasteiger partial charge on any atom is -0.495 e. The van der Waals surface area contributed by atoms with Crippen LogP contribution in [0.2, 0.25) is 5.02 Å². The molecule has 0 aromatic heterocycles. The number of carboxylic acid groups (broad SMARTS) is 1. The summed E-state index contributed by atoms with van der Waals surface area (Å²) < 4.78 is 5.17. The van der Waals surface area contributed by atoms with E-state index in [2.05, 4.69) is 5.32 Å². The summed E-state index contributed by atoms with van der Waals surface area (Å²) in [7, 11) is 1.58. The van der Waals surface area contributed by atoms with E-state index >= 15 is 0 Å². The maximum atomic E-state index is 10.9. The predicted octanol–water partition coefficient (Wildman–Crippen LogP) is 2.84. The Morgan fingerprint density at radius 3 is 2.79 bits per heavy atom. The largest absolute Gasteiger partial charge is 0.495 e. The van der Waals surface area contributed by atoms with E-state index < -0.39 is 5.97 Å². The van der Waals surface area contributed by atoms with Crippen molar-refractivity contribution in [2.75, 3.05) is 7.11 Å². The molecule has 2 N–H and O–H groups in total. The van der Waals surface area contributed by atoms with E-state index in [1.165, 1.54) is 0 Å². The monoisotopic (exact) mass is 283 g/mol. The summed E-state index contributed by atoms with van der Waals surface area (Å²) in [4.78, 5) is 10.9. The van der Waals surface area contributed by atoms with Crippen LogP contribution in [-0.4, -0.2) is 23.7 Å². The highest BCUT2D eigenvalue weighted by Gasteiger charge is 2.38. The number of carboxylic acids is 1. The van der Waals surface area contributed by atoms with Crippen molar-refractivity contribution >= 4 is 17.6 Å². The molecule has 0 saturated heterocycles. The van der Waals surface area contributed by atoms with Gasteiger partial charge in [0.05, 0.1) is 18.6 Å². The van der Waals surface area contributed by atoms with E-state index in [1.54, 1.807) is 13.2 Å². The third kappa shape index (κ3) is 3.39. The molecule has 1 aromatic carbocycles. The molecule has 0 radical (unpaired) electrons. The number of hydrogen-bond donors (Lipinski definition) is 2. The Labute approximate surface area is 117 Å². The minimum atomic E-state index is -0.749. The maximum Gasteiger partial charge on any atom is 0.305 e. The Morgan fingerprint density at radius 2 is 2.26 bits per heavy atom. The molecular weight excluding hydrogens is 266 g/mol. The molecule has 0 aliphatic heterocycles. The number of nitrogens with one attached hydrogen (secondary N) is 1. The average molecular weight is 284 g/mol. The van der Waals surface area contributed by atoms with Crippen LogP contribution in [0.5, 0.6) is 5.75 Å². The highest BCUT2D eigenvalue weighted by atomic mass is 35.5. The molecule has 0 spiro atoms. The predicted molar refractivity (Wildman–Crippen MR) is 73.7 cm³/mol. The van der Waals surface area contributed by atoms with Crippen LogP contribution in [0.25, 0.3) is 0 Å². The van der Waals surface area contributed by atoms with Gasteiger partial charge in [0.1, 0.15) is 5.75 Å². The third-order valence-corrected chi connectivity index (χ3v) is 4.00. The SMILES string of the molecule is COc1cc(CNC2(CC(=O)O)CCC2)ccc1Cl. The van der Waals surface area contributed by atoms with Gasteiger partial charge in [-0.25, -0.2) is 0 Å². The summed E-state index contributed by atoms with van der Waals surface area (Å²) in [6.07, 6.45) is 3.11. The topological polar surface area (TPSA) is 58.6 Å². The summed E-state index contributed by atoms with van der Waals surface area (Å²) in [5.41, 5.74) is 0.802. The lowest BCUT2D eigenvalue weighted by atomic mass is 9.74. The molecule has 1 fully saturated rings. The highest BCUT2D eigenvalue weighted by Crippen LogP contribution is 2.35. The molecule has 4 nitrogen and oxygen atoms in total. The lowest BCUT2D eigenvalue weighted by Gasteiger charge is -2.41. The van der Waals surface area contributed by atoms with E-state index in [0.717, 1.165) is 24.8 Å². The standard InChI is InChI=1S/C14H18ClNO3/c1-19-12-7-10(3-4-11(12)15)9-16-14(5-2-6-14)8-13(17)18/h3-4,7,16H,2,5-6,8-9H2,1H3,(H,17,18). The molecule has 5 heteroatoms. The van der Waals surface area contributed by atoms with Gasteiger partial charge in [0, 0.05) is 12.1 Å². The van der Waals surface area contributed by atoms with Crippen LogP contribution in [0.15, 0.2) is 18.2 Å². The third-order valence-electron chi connectivity index (χ3n) is 3.68. The van der Waals surface area contributed by atoms with Crippen LogP contribution >= 0.6 is 11.6 Å². The zero-order chi connectivity index (χ0) is 13.9. The van der Waals surface area contributed by atoms with Crippen LogP contribution in [-0.2, 0) is 11.3 Å². The van der Waals surface area contributed by atoms with Crippen LogP contribution in [0.1, 0.15) is 31.2 Å². The molecule has 0 atom stereocenters. The summed E-state index contributed by atoms with van der Waals surface area (Å²) >= 11 is 5.97. The molecule has 1 aliphatic carbocycles. The van der Waals surface area contributed by atoms with Gasteiger partial charge in [0.15, 0.2) is 0 Å². The van der Waals surface area contributed by atoms with Gasteiger partial charge in [0.2, 0.25) is 0 Å². The molecule has 104 valence electrons. The van der Waals surface area contributed by atoms with Crippen molar-refractivity contribution in [3.63, 3.8) is 0 Å². The van der Waals surface area contributed by atoms with E-state index in [9.17, 15) is 4.79 Å². The Hall–Kier alpha value is -1.26. The minimum absolute atomic E-state index is 0.178. The normalized spacial score (nSPS) is 16.7. The fourth-order valence-corrected chi connectivity index (χ4v) is 2.61. The molecule has 1 saturated carbocycles. The van der Waals surface area contributed by atoms with Crippen LogP contribution < -0.4 is 10.1 Å². The van der Waals surface area contributed by atoms with Gasteiger partial charge >= 0.3 is 5.97 Å². The number of halogens is 1. The number of benzene rings is 1. The van der Waals surface area contributed by atoms with Gasteiger partial charge in [-0.2, -0.15) is 0 Å². The van der Waals surface area contributed by atoms with Gasteiger partial charge in [0.25, 0.3) is 0 Å². The first-order chi connectivity index (χ1) is 9.04. The molecule has 1 aliphatic rings. The second-order valence-electron chi connectivity index (χ2n) is 5.03. The molecule has 0 unspecified atom stereocenters. The van der Waals surface area contributed by atoms with E-state index in [4.69, 9.17) is 21.4 Å². The number of hydrogen-bond acceptors (Lipinski definition) is 3. The quantitative estimate of drug-likeness (QED) is 0.843. The first kappa shape index (κ1) is 14.2. The number of aliphatic carboxylic acids is 1. The number of ether oxygens (including phenoxy) is 1. The van der Waals surface area contributed by atoms with Crippen molar-refractivity contribution in [1.29, 1.82) is 0 Å². The Bertz CT molecular complexity index is 472. The Balaban J connectivity index is 1.99. The van der Waals surface area contributed by atoms with Gasteiger partial charge < -0.3 is 15.2 Å². The van der Waals surface area contributed by atoms with Gasteiger partial charge in [-0.3, -0.25) is 4.79 Å². The van der Waals surface area contributed by atoms with Crippen molar-refractivity contribution in [2.45, 2.75) is 37.8 Å². The molecule has 2 rings (SSSR count). The van der Waals surface area contributed by atoms with Crippen LogP contribution in [0.4, 0.5) is 0 Å². The first-order valence-electron chi connectivity index (χ1n) is 6.34. The summed E-state index contributed by atoms with van der Waals surface area (Å²) in [6, 6.07) is 5.59. The average Bonchev–Trinajstić information content (AvgIpc) is 2.33. The maximum absolute atomic E-state index is 10.9. The van der Waals surface area contributed by atoms with Crippen molar-refractivity contribution in [2.24, 2.45) is 0 Å². The fraction of sp³-hybridized carbons (Fsp3) is 0.500. The molecule has 0 amide bonds. The number of carbonyl (C=O) groups is 1. The lowest BCUT2D eigenvalue weighted by Crippen LogP contribution is -2.51. The van der Waals surface area contributed by atoms with Crippen LogP contribution in [0.3, 0.4) is 0 Å². The Morgan fingerprint density at radius 1 is 1.53 bits per heavy atom. The number of methoxy groups -OCH3 is 1. The van der Waals surface area contributed by atoms with Crippen molar-refractivity contribution in [1.82, 2.24) is 5.32 Å². The second kappa shape index (κ2) is 5.80. The number of rotatable bonds is 6. The molecule has 0 bridgehead atoms. The van der Waals surface area contributed by atoms with E-state index in [-0.39, 0.29) is 12.0 Å². The van der Waals surface area contributed by atoms with Crippen molar-refractivity contribution in [3.8, 4) is 5.75 Å². The van der Waals surface area contributed by atoms with Crippen molar-refractivity contribution < 1.29 is 14.6 Å². The molecule has 0 heterocycles. The van der Waals surface area contributed by atoms with Gasteiger partial charge in [-0.05, 0) is 37.0 Å². The van der Waals surface area contributed by atoms with E-state index in [0.29, 0.717) is 17.3 Å². The smallest absolute Gasteiger partial charge is 0.305 e. The lowest BCUT2D eigenvalue weighted by molar-refractivity contribution is -0.139. The zero-order valence-electron chi connectivity index (χ0n) is 10.9. The van der Waals surface area contributed by atoms with Gasteiger partial charge in [-0.1, -0.05) is 17.7 Å². The fourth-order valence-electron chi connectivity index (χ4n) is 2.41. The van der Waals surface area contributed by atoms with E-state index in [1.807, 2.05) is 12.1 Å². The highest BCUT2D eigenvalue weighted by molar-refractivity contribution is 6.32. The van der Waals surface area contributed by atoms with Gasteiger partial charge in [-0.15, -0.1) is 0 Å². The summed E-state index contributed by atoms with van der Waals surface area (Å²) in [5.74, 6) is -0.109. The molecular formula is C14H18ClNO3.